The molecule has 1 nitrogen and oxygen atoms in total. The first-order chi connectivity index (χ1) is 6.11. The minimum Gasteiger partial charge on any atom is -0.363 e. The molecule has 0 radical (unpaired) electrons. The molecule has 0 spiro atoms. The molecule has 1 atom stereocenters. The van der Waals surface area contributed by atoms with Gasteiger partial charge in [0.25, 0.3) is 0 Å². The van der Waals surface area contributed by atoms with Gasteiger partial charge in [-0.15, -0.1) is 12.6 Å². The zero-order chi connectivity index (χ0) is 9.84. The van der Waals surface area contributed by atoms with E-state index in [1.165, 1.54) is 6.07 Å². The number of halogens is 2. The fourth-order valence-electron chi connectivity index (χ4n) is 0.874. The Bertz CT molecular complexity index is 271. The van der Waals surface area contributed by atoms with E-state index < -0.39 is 0 Å². The van der Waals surface area contributed by atoms with Crippen LogP contribution < -0.4 is 0 Å². The van der Waals surface area contributed by atoms with Gasteiger partial charge in [-0.3, -0.25) is 0 Å². The largest absolute Gasteiger partial charge is 0.363 e. The molecule has 0 amide bonds. The number of ether oxygens (including phenoxy) is 1. The fraction of sp³-hybridized carbons (Fsp3) is 0.333. The molecule has 0 N–H and O–H groups in total. The highest BCUT2D eigenvalue weighted by Gasteiger charge is 2.07. The minimum atomic E-state index is -0.346. The van der Waals surface area contributed by atoms with Gasteiger partial charge in [-0.25, -0.2) is 4.39 Å². The predicted molar refractivity (Wildman–Crippen MR) is 54.6 cm³/mol. The monoisotopic (exact) mass is 220 g/mol. The SMILES string of the molecule is C[C@H](S)OCc1c(F)cccc1Cl. The van der Waals surface area contributed by atoms with Gasteiger partial charge in [-0.1, -0.05) is 17.7 Å². The first-order valence-electron chi connectivity index (χ1n) is 3.84. The van der Waals surface area contributed by atoms with E-state index in [-0.39, 0.29) is 17.9 Å². The molecule has 1 aromatic carbocycles. The summed E-state index contributed by atoms with van der Waals surface area (Å²) in [5, 5.41) is 0.383. The van der Waals surface area contributed by atoms with Crippen molar-refractivity contribution in [2.24, 2.45) is 0 Å². The normalized spacial score (nSPS) is 12.9. The second kappa shape index (κ2) is 4.84. The summed E-state index contributed by atoms with van der Waals surface area (Å²) in [6, 6.07) is 4.55. The van der Waals surface area contributed by atoms with Gasteiger partial charge in [0.2, 0.25) is 0 Å². The van der Waals surface area contributed by atoms with E-state index in [1.807, 2.05) is 0 Å². The molecule has 0 aliphatic heterocycles. The van der Waals surface area contributed by atoms with Crippen LogP contribution in [0.3, 0.4) is 0 Å². The number of benzene rings is 1. The average molecular weight is 221 g/mol. The van der Waals surface area contributed by atoms with Crippen molar-refractivity contribution in [1.29, 1.82) is 0 Å². The predicted octanol–water partition coefficient (Wildman–Crippen LogP) is 3.27. The van der Waals surface area contributed by atoms with Gasteiger partial charge in [0.05, 0.1) is 12.0 Å². The molecule has 0 bridgehead atoms. The lowest BCUT2D eigenvalue weighted by Crippen LogP contribution is -2.02. The van der Waals surface area contributed by atoms with E-state index in [2.05, 4.69) is 12.6 Å². The molecule has 0 saturated carbocycles. The van der Waals surface area contributed by atoms with Crippen LogP contribution in [0, 0.1) is 5.82 Å². The Morgan fingerprint density at radius 3 is 2.85 bits per heavy atom. The van der Waals surface area contributed by atoms with Crippen molar-refractivity contribution >= 4 is 24.2 Å². The van der Waals surface area contributed by atoms with Crippen molar-refractivity contribution < 1.29 is 9.13 Å². The molecule has 0 aromatic heterocycles. The Kier molecular flexibility index (Phi) is 4.03. The summed E-state index contributed by atoms with van der Waals surface area (Å²) in [5.74, 6) is -0.346. The van der Waals surface area contributed by atoms with Crippen LogP contribution in [0.4, 0.5) is 4.39 Å². The first kappa shape index (κ1) is 10.8. The highest BCUT2D eigenvalue weighted by atomic mass is 35.5. The summed E-state index contributed by atoms with van der Waals surface area (Å²) >= 11 is 9.78. The Hall–Kier alpha value is -0.250. The van der Waals surface area contributed by atoms with Crippen molar-refractivity contribution in [1.82, 2.24) is 0 Å². The van der Waals surface area contributed by atoms with Crippen LogP contribution in [0.1, 0.15) is 12.5 Å². The summed E-state index contributed by atoms with van der Waals surface area (Å²) < 4.78 is 18.2. The maximum atomic E-state index is 13.1. The van der Waals surface area contributed by atoms with E-state index in [0.29, 0.717) is 10.6 Å². The lowest BCUT2D eigenvalue weighted by atomic mass is 10.2. The molecular formula is C9H10ClFOS. The third-order valence-corrected chi connectivity index (χ3v) is 2.03. The van der Waals surface area contributed by atoms with Crippen LogP contribution in [0.5, 0.6) is 0 Å². The number of thiol groups is 1. The number of hydrogen-bond acceptors (Lipinski definition) is 2. The topological polar surface area (TPSA) is 9.23 Å². The number of hydrogen-bond donors (Lipinski definition) is 1. The highest BCUT2D eigenvalue weighted by molar-refractivity contribution is 7.80. The van der Waals surface area contributed by atoms with Gasteiger partial charge in [0.15, 0.2) is 0 Å². The molecule has 1 rings (SSSR count). The summed E-state index contributed by atoms with van der Waals surface area (Å²) in [7, 11) is 0. The van der Waals surface area contributed by atoms with Crippen LogP contribution in [0.15, 0.2) is 18.2 Å². The van der Waals surface area contributed by atoms with E-state index >= 15 is 0 Å². The van der Waals surface area contributed by atoms with Crippen molar-refractivity contribution in [3.8, 4) is 0 Å². The third-order valence-electron chi connectivity index (χ3n) is 1.53. The van der Waals surface area contributed by atoms with Crippen molar-refractivity contribution in [2.75, 3.05) is 0 Å². The zero-order valence-electron chi connectivity index (χ0n) is 7.13. The average Bonchev–Trinajstić information content (AvgIpc) is 2.03. The van der Waals surface area contributed by atoms with Crippen molar-refractivity contribution in [3.05, 3.63) is 34.6 Å². The first-order valence-corrected chi connectivity index (χ1v) is 4.73. The van der Waals surface area contributed by atoms with Crippen LogP contribution in [-0.2, 0) is 11.3 Å². The van der Waals surface area contributed by atoms with Gasteiger partial charge in [0, 0.05) is 10.6 Å². The van der Waals surface area contributed by atoms with E-state index in [9.17, 15) is 4.39 Å². The van der Waals surface area contributed by atoms with Gasteiger partial charge in [0.1, 0.15) is 5.82 Å². The molecule has 0 aliphatic rings. The lowest BCUT2D eigenvalue weighted by molar-refractivity contribution is 0.109. The van der Waals surface area contributed by atoms with Gasteiger partial charge >= 0.3 is 0 Å². The fourth-order valence-corrected chi connectivity index (χ4v) is 1.17. The zero-order valence-corrected chi connectivity index (χ0v) is 8.78. The Morgan fingerprint density at radius 2 is 2.31 bits per heavy atom. The smallest absolute Gasteiger partial charge is 0.130 e. The summed E-state index contributed by atoms with van der Waals surface area (Å²) in [4.78, 5) is 0. The lowest BCUT2D eigenvalue weighted by Gasteiger charge is -2.08. The van der Waals surface area contributed by atoms with Crippen molar-refractivity contribution in [2.45, 2.75) is 19.0 Å². The Labute approximate surface area is 87.3 Å². The summed E-state index contributed by atoms with van der Waals surface area (Å²) in [6.07, 6.45) is 0. The molecule has 13 heavy (non-hydrogen) atoms. The second-order valence-corrected chi connectivity index (χ2v) is 3.74. The van der Waals surface area contributed by atoms with E-state index in [1.54, 1.807) is 19.1 Å². The molecule has 0 fully saturated rings. The van der Waals surface area contributed by atoms with Crippen LogP contribution in [0.25, 0.3) is 0 Å². The third kappa shape index (κ3) is 3.18. The van der Waals surface area contributed by atoms with Crippen LogP contribution in [0.2, 0.25) is 5.02 Å². The van der Waals surface area contributed by atoms with Gasteiger partial charge in [-0.05, 0) is 19.1 Å². The quantitative estimate of drug-likeness (QED) is 0.608. The van der Waals surface area contributed by atoms with Gasteiger partial charge in [-0.2, -0.15) is 0 Å². The maximum Gasteiger partial charge on any atom is 0.130 e. The maximum absolute atomic E-state index is 13.1. The molecular weight excluding hydrogens is 211 g/mol. The Morgan fingerprint density at radius 1 is 1.62 bits per heavy atom. The van der Waals surface area contributed by atoms with E-state index in [4.69, 9.17) is 16.3 Å². The Balaban J connectivity index is 2.75. The standard InChI is InChI=1S/C9H10ClFOS/c1-6(13)12-5-7-8(10)3-2-4-9(7)11/h2-4,6,13H,5H2,1H3/t6-/m0/s1. The van der Waals surface area contributed by atoms with Gasteiger partial charge < -0.3 is 4.74 Å². The summed E-state index contributed by atoms with van der Waals surface area (Å²) in [6.45, 7) is 1.91. The summed E-state index contributed by atoms with van der Waals surface area (Å²) in [5.41, 5.74) is 0.153. The molecule has 1 aromatic rings. The molecule has 0 aliphatic carbocycles. The van der Waals surface area contributed by atoms with E-state index in [0.717, 1.165) is 0 Å². The van der Waals surface area contributed by atoms with Crippen LogP contribution >= 0.6 is 24.2 Å². The van der Waals surface area contributed by atoms with Crippen LogP contribution in [-0.4, -0.2) is 5.44 Å². The second-order valence-electron chi connectivity index (χ2n) is 2.61. The molecule has 4 heteroatoms. The highest BCUT2D eigenvalue weighted by Crippen LogP contribution is 2.20. The molecule has 0 heterocycles. The minimum absolute atomic E-state index is 0.149. The molecule has 0 saturated heterocycles. The molecule has 72 valence electrons. The number of rotatable bonds is 3. The molecule has 0 unspecified atom stereocenters. The van der Waals surface area contributed by atoms with Crippen molar-refractivity contribution in [3.63, 3.8) is 0 Å².